The summed E-state index contributed by atoms with van der Waals surface area (Å²) in [7, 11) is 1.50. The quantitative estimate of drug-likeness (QED) is 0.290. The summed E-state index contributed by atoms with van der Waals surface area (Å²) < 4.78 is 22.2. The molecule has 2 heterocycles. The van der Waals surface area contributed by atoms with E-state index in [0.717, 1.165) is 35.9 Å². The van der Waals surface area contributed by atoms with Gasteiger partial charge in [-0.1, -0.05) is 18.6 Å². The fourth-order valence-corrected chi connectivity index (χ4v) is 4.14. The van der Waals surface area contributed by atoms with Crippen LogP contribution in [0.15, 0.2) is 66.9 Å². The molecule has 5 rings (SSSR count). The molecule has 2 aromatic heterocycles. The van der Waals surface area contributed by atoms with Gasteiger partial charge in [0.25, 0.3) is 5.91 Å². The molecular formula is C28H27FN6O3. The monoisotopic (exact) mass is 514 g/mol. The number of carbonyl (C=O) groups excluding carboxylic acids is 2. The minimum atomic E-state index is -0.680. The predicted octanol–water partition coefficient (Wildman–Crippen LogP) is 5.78. The summed E-state index contributed by atoms with van der Waals surface area (Å²) in [6.45, 7) is 1.99. The van der Waals surface area contributed by atoms with Crippen LogP contribution in [0.3, 0.4) is 0 Å². The van der Waals surface area contributed by atoms with E-state index in [1.165, 1.54) is 37.9 Å². The molecule has 1 fully saturated rings. The van der Waals surface area contributed by atoms with E-state index in [0.29, 0.717) is 17.5 Å². The van der Waals surface area contributed by atoms with Crippen LogP contribution < -0.4 is 20.7 Å². The lowest BCUT2D eigenvalue weighted by Gasteiger charge is -2.22. The molecule has 1 saturated carbocycles. The average molecular weight is 515 g/mol. The highest BCUT2D eigenvalue weighted by Crippen LogP contribution is 2.37. The van der Waals surface area contributed by atoms with Gasteiger partial charge in [0.15, 0.2) is 0 Å². The fraction of sp³-hybridized carbons (Fsp3) is 0.214. The topological polar surface area (TPSA) is 110 Å². The van der Waals surface area contributed by atoms with Crippen molar-refractivity contribution < 1.29 is 18.7 Å². The molecule has 10 heteroatoms. The highest BCUT2D eigenvalue weighted by molar-refractivity contribution is 5.99. The van der Waals surface area contributed by atoms with Gasteiger partial charge in [-0.2, -0.15) is 5.10 Å². The molecule has 0 unspecified atom stereocenters. The number of halogens is 1. The van der Waals surface area contributed by atoms with Crippen molar-refractivity contribution in [3.05, 3.63) is 89.6 Å². The number of amides is 3. The summed E-state index contributed by atoms with van der Waals surface area (Å²) in [5.41, 5.74) is 2.98. The smallest absolute Gasteiger partial charge is 0.324 e. The Morgan fingerprint density at radius 3 is 2.55 bits per heavy atom. The van der Waals surface area contributed by atoms with Crippen LogP contribution in [0.5, 0.6) is 11.5 Å². The van der Waals surface area contributed by atoms with Crippen LogP contribution in [0.2, 0.25) is 0 Å². The lowest BCUT2D eigenvalue weighted by molar-refractivity contribution is 0.0957. The third-order valence-corrected chi connectivity index (χ3v) is 6.36. The molecule has 4 aromatic rings. The number of rotatable bonds is 7. The van der Waals surface area contributed by atoms with E-state index in [-0.39, 0.29) is 23.0 Å². The molecule has 2 aromatic carbocycles. The Bertz CT molecular complexity index is 1500. The molecule has 3 N–H and O–H groups in total. The van der Waals surface area contributed by atoms with Crippen molar-refractivity contribution in [2.45, 2.75) is 32.1 Å². The summed E-state index contributed by atoms with van der Waals surface area (Å²) in [5, 5.41) is 12.6. The minimum Gasteiger partial charge on any atom is -0.457 e. The molecule has 1 aliphatic rings. The zero-order valence-electron chi connectivity index (χ0n) is 21.0. The molecule has 3 amide bonds. The maximum absolute atomic E-state index is 14.8. The van der Waals surface area contributed by atoms with E-state index in [1.807, 2.05) is 37.3 Å². The fourth-order valence-electron chi connectivity index (χ4n) is 4.14. The number of hydrogen-bond acceptors (Lipinski definition) is 5. The van der Waals surface area contributed by atoms with Crippen molar-refractivity contribution in [3.63, 3.8) is 0 Å². The van der Waals surface area contributed by atoms with Gasteiger partial charge in [0.1, 0.15) is 28.8 Å². The molecule has 1 aliphatic carbocycles. The number of hydrogen-bond donors (Lipinski definition) is 3. The third-order valence-electron chi connectivity index (χ3n) is 6.36. The molecule has 0 aliphatic heterocycles. The number of anilines is 2. The van der Waals surface area contributed by atoms with Gasteiger partial charge in [-0.05, 0) is 55.7 Å². The van der Waals surface area contributed by atoms with E-state index in [2.05, 4.69) is 20.9 Å². The lowest BCUT2D eigenvalue weighted by Crippen LogP contribution is -2.22. The number of ether oxygens (including phenoxy) is 1. The van der Waals surface area contributed by atoms with Gasteiger partial charge in [0.05, 0.1) is 17.1 Å². The molecule has 0 saturated heterocycles. The van der Waals surface area contributed by atoms with Gasteiger partial charge in [0, 0.05) is 37.4 Å². The molecule has 0 radical (unpaired) electrons. The minimum absolute atomic E-state index is 0.0172. The number of nitrogens with one attached hydrogen (secondary N) is 3. The summed E-state index contributed by atoms with van der Waals surface area (Å²) in [6.07, 6.45) is 4.74. The number of aryl methyl sites for hydroxylation is 1. The average Bonchev–Trinajstić information content (AvgIpc) is 3.27. The largest absolute Gasteiger partial charge is 0.457 e. The SMILES string of the molecule is CNC(=O)c1cc(Oc2ccc(NC(=O)Nc3cc(C4CCC4)nn3-c3cccc(C)c3)c(F)c2)ccn1. The van der Waals surface area contributed by atoms with Gasteiger partial charge in [-0.25, -0.2) is 13.9 Å². The van der Waals surface area contributed by atoms with E-state index in [1.54, 1.807) is 10.7 Å². The van der Waals surface area contributed by atoms with Gasteiger partial charge in [-0.15, -0.1) is 0 Å². The van der Waals surface area contributed by atoms with Crippen LogP contribution in [-0.2, 0) is 0 Å². The zero-order valence-corrected chi connectivity index (χ0v) is 21.0. The lowest BCUT2D eigenvalue weighted by atomic mass is 9.83. The second-order valence-electron chi connectivity index (χ2n) is 9.11. The van der Waals surface area contributed by atoms with Crippen LogP contribution in [0.25, 0.3) is 5.69 Å². The Morgan fingerprint density at radius 1 is 1.03 bits per heavy atom. The number of carbonyl (C=O) groups is 2. The second-order valence-corrected chi connectivity index (χ2v) is 9.11. The van der Waals surface area contributed by atoms with E-state index in [4.69, 9.17) is 9.84 Å². The molecule has 0 bridgehead atoms. The van der Waals surface area contributed by atoms with Crippen molar-refractivity contribution in [2.75, 3.05) is 17.7 Å². The summed E-state index contributed by atoms with van der Waals surface area (Å²) >= 11 is 0. The highest BCUT2D eigenvalue weighted by atomic mass is 19.1. The van der Waals surface area contributed by atoms with Crippen molar-refractivity contribution in [2.24, 2.45) is 0 Å². The van der Waals surface area contributed by atoms with Gasteiger partial charge < -0.3 is 15.4 Å². The normalized spacial score (nSPS) is 12.9. The Labute approximate surface area is 219 Å². The molecule has 0 spiro atoms. The van der Waals surface area contributed by atoms with E-state index >= 15 is 0 Å². The van der Waals surface area contributed by atoms with Crippen molar-refractivity contribution >= 4 is 23.4 Å². The first kappa shape index (κ1) is 24.9. The molecule has 38 heavy (non-hydrogen) atoms. The maximum Gasteiger partial charge on any atom is 0.324 e. The Kier molecular flexibility index (Phi) is 7.03. The molecule has 9 nitrogen and oxygen atoms in total. The highest BCUT2D eigenvalue weighted by Gasteiger charge is 2.24. The summed E-state index contributed by atoms with van der Waals surface area (Å²) in [6, 6.07) is 16.2. The van der Waals surface area contributed by atoms with E-state index in [9.17, 15) is 14.0 Å². The number of benzene rings is 2. The molecular weight excluding hydrogens is 487 g/mol. The van der Waals surface area contributed by atoms with E-state index < -0.39 is 11.8 Å². The third kappa shape index (κ3) is 5.49. The summed E-state index contributed by atoms with van der Waals surface area (Å²) in [5.74, 6) is 0.354. The number of aromatic nitrogens is 3. The number of pyridine rings is 1. The molecule has 0 atom stereocenters. The predicted molar refractivity (Wildman–Crippen MR) is 142 cm³/mol. The maximum atomic E-state index is 14.8. The Balaban J connectivity index is 1.30. The van der Waals surface area contributed by atoms with Crippen LogP contribution in [0.4, 0.5) is 20.7 Å². The first-order chi connectivity index (χ1) is 18.4. The van der Waals surface area contributed by atoms with Crippen molar-refractivity contribution in [3.8, 4) is 17.2 Å². The van der Waals surface area contributed by atoms with Crippen molar-refractivity contribution in [1.29, 1.82) is 0 Å². The van der Waals surface area contributed by atoms with Crippen LogP contribution >= 0.6 is 0 Å². The first-order valence-electron chi connectivity index (χ1n) is 12.3. The van der Waals surface area contributed by atoms with Crippen LogP contribution in [0.1, 0.15) is 46.9 Å². The Morgan fingerprint density at radius 2 is 1.84 bits per heavy atom. The second kappa shape index (κ2) is 10.7. The first-order valence-corrected chi connectivity index (χ1v) is 12.3. The zero-order chi connectivity index (χ0) is 26.6. The van der Waals surface area contributed by atoms with Gasteiger partial charge in [-0.3, -0.25) is 15.1 Å². The Hall–Kier alpha value is -4.73. The number of nitrogens with zero attached hydrogens (tertiary/aromatic N) is 3. The van der Waals surface area contributed by atoms with Crippen molar-refractivity contribution in [1.82, 2.24) is 20.1 Å². The number of urea groups is 1. The standard InChI is InChI=1S/C28H27FN6O3/c1-17-5-3-8-19(13-17)35-26(16-24(34-35)18-6-4-7-18)33-28(37)32-23-10-9-20(14-22(23)29)38-21-11-12-31-25(15-21)27(36)30-2/h3,5,8-16,18H,4,6-7H2,1-2H3,(H,30,36)(H2,32,33,37). The van der Waals surface area contributed by atoms with Gasteiger partial charge in [0.2, 0.25) is 0 Å². The summed E-state index contributed by atoms with van der Waals surface area (Å²) in [4.78, 5) is 28.6. The molecule has 194 valence electrons. The van der Waals surface area contributed by atoms with Crippen LogP contribution in [0, 0.1) is 12.7 Å². The van der Waals surface area contributed by atoms with Crippen LogP contribution in [-0.4, -0.2) is 33.8 Å². The van der Waals surface area contributed by atoms with Gasteiger partial charge >= 0.3 is 6.03 Å².